The Morgan fingerprint density at radius 2 is 2.38 bits per heavy atom. The first-order valence-corrected chi connectivity index (χ1v) is 4.66. The predicted octanol–water partition coefficient (Wildman–Crippen LogP) is 1.91. The zero-order valence-electron chi connectivity index (χ0n) is 7.79. The molecule has 0 saturated heterocycles. The third-order valence-electron chi connectivity index (χ3n) is 2.14. The van der Waals surface area contributed by atoms with Crippen molar-refractivity contribution in [3.63, 3.8) is 0 Å². The van der Waals surface area contributed by atoms with Crippen LogP contribution < -0.4 is 10.1 Å². The van der Waals surface area contributed by atoms with Crippen molar-refractivity contribution < 1.29 is 4.74 Å². The second-order valence-corrected chi connectivity index (χ2v) is 3.37. The summed E-state index contributed by atoms with van der Waals surface area (Å²) in [7, 11) is 1.85. The zero-order valence-corrected chi connectivity index (χ0v) is 7.79. The van der Waals surface area contributed by atoms with E-state index >= 15 is 0 Å². The molecule has 1 N–H and O–H groups in total. The molecule has 3 nitrogen and oxygen atoms in total. The van der Waals surface area contributed by atoms with E-state index in [0.717, 1.165) is 24.2 Å². The highest BCUT2D eigenvalue weighted by atomic mass is 16.5. The molecule has 1 aromatic rings. The maximum absolute atomic E-state index is 5.52. The van der Waals surface area contributed by atoms with Gasteiger partial charge in [0, 0.05) is 13.1 Å². The Balaban J connectivity index is 1.93. The minimum Gasteiger partial charge on any atom is -0.477 e. The van der Waals surface area contributed by atoms with Gasteiger partial charge in [-0.25, -0.2) is 0 Å². The first kappa shape index (κ1) is 8.35. The summed E-state index contributed by atoms with van der Waals surface area (Å²) < 4.78 is 5.52. The summed E-state index contributed by atoms with van der Waals surface area (Å²) in [5.74, 6) is 2.35. The highest BCUT2D eigenvalue weighted by molar-refractivity contribution is 5.35. The Morgan fingerprint density at radius 1 is 1.54 bits per heavy atom. The van der Waals surface area contributed by atoms with Gasteiger partial charge in [-0.2, -0.15) is 4.98 Å². The standard InChI is InChI=1S/C10H14N2O/c1-11-9-3-2-4-10(12-9)13-7-8-5-6-8/h2-4,8H,5-7H2,1H3,(H,11,12). The van der Waals surface area contributed by atoms with Crippen molar-refractivity contribution in [3.05, 3.63) is 18.2 Å². The summed E-state index contributed by atoms with van der Waals surface area (Å²) in [6.07, 6.45) is 2.62. The molecule has 0 amide bonds. The van der Waals surface area contributed by atoms with Crippen LogP contribution in [0.1, 0.15) is 12.8 Å². The van der Waals surface area contributed by atoms with Crippen molar-refractivity contribution in [1.29, 1.82) is 0 Å². The van der Waals surface area contributed by atoms with Gasteiger partial charge in [-0.05, 0) is 24.8 Å². The van der Waals surface area contributed by atoms with Crippen molar-refractivity contribution in [2.24, 2.45) is 5.92 Å². The molecular weight excluding hydrogens is 164 g/mol. The lowest BCUT2D eigenvalue weighted by atomic mass is 10.4. The van der Waals surface area contributed by atoms with Crippen molar-refractivity contribution in [2.45, 2.75) is 12.8 Å². The number of pyridine rings is 1. The summed E-state index contributed by atoms with van der Waals surface area (Å²) >= 11 is 0. The molecule has 1 fully saturated rings. The third-order valence-corrected chi connectivity index (χ3v) is 2.14. The molecule has 13 heavy (non-hydrogen) atoms. The summed E-state index contributed by atoms with van der Waals surface area (Å²) in [5.41, 5.74) is 0. The lowest BCUT2D eigenvalue weighted by molar-refractivity contribution is 0.289. The van der Waals surface area contributed by atoms with Crippen molar-refractivity contribution in [3.8, 4) is 5.88 Å². The van der Waals surface area contributed by atoms with E-state index in [4.69, 9.17) is 4.74 Å². The minimum atomic E-state index is 0.721. The Labute approximate surface area is 78.1 Å². The van der Waals surface area contributed by atoms with Crippen LogP contribution in [0.25, 0.3) is 0 Å². The number of anilines is 1. The van der Waals surface area contributed by atoms with Gasteiger partial charge >= 0.3 is 0 Å². The number of nitrogens with one attached hydrogen (secondary N) is 1. The van der Waals surface area contributed by atoms with E-state index in [-0.39, 0.29) is 0 Å². The molecule has 70 valence electrons. The van der Waals surface area contributed by atoms with Crippen LogP contribution in [0.4, 0.5) is 5.82 Å². The zero-order chi connectivity index (χ0) is 9.10. The number of hydrogen-bond acceptors (Lipinski definition) is 3. The van der Waals surface area contributed by atoms with Crippen LogP contribution in [0.5, 0.6) is 5.88 Å². The average molecular weight is 178 g/mol. The highest BCUT2D eigenvalue weighted by Gasteiger charge is 2.21. The van der Waals surface area contributed by atoms with Gasteiger partial charge in [0.05, 0.1) is 6.61 Å². The number of hydrogen-bond donors (Lipinski definition) is 1. The van der Waals surface area contributed by atoms with E-state index in [1.165, 1.54) is 12.8 Å². The van der Waals surface area contributed by atoms with Crippen molar-refractivity contribution in [1.82, 2.24) is 4.98 Å². The first-order valence-electron chi connectivity index (χ1n) is 4.66. The molecular formula is C10H14N2O. The summed E-state index contributed by atoms with van der Waals surface area (Å²) in [5, 5.41) is 2.98. The molecule has 0 atom stereocenters. The average Bonchev–Trinajstić information content (AvgIpc) is 2.99. The number of ether oxygens (including phenoxy) is 1. The molecule has 0 aliphatic heterocycles. The molecule has 1 saturated carbocycles. The van der Waals surface area contributed by atoms with E-state index in [0.29, 0.717) is 0 Å². The van der Waals surface area contributed by atoms with E-state index in [1.807, 2.05) is 25.2 Å². The van der Waals surface area contributed by atoms with Crippen molar-refractivity contribution in [2.75, 3.05) is 19.0 Å². The van der Waals surface area contributed by atoms with E-state index < -0.39 is 0 Å². The monoisotopic (exact) mass is 178 g/mol. The molecule has 1 aromatic heterocycles. The normalized spacial score (nSPS) is 15.5. The molecule has 3 heteroatoms. The first-order chi connectivity index (χ1) is 6.38. The Kier molecular flexibility index (Phi) is 2.34. The van der Waals surface area contributed by atoms with Crippen LogP contribution in [0.15, 0.2) is 18.2 Å². The van der Waals surface area contributed by atoms with Crippen LogP contribution in [-0.2, 0) is 0 Å². The second kappa shape index (κ2) is 3.64. The smallest absolute Gasteiger partial charge is 0.215 e. The summed E-state index contributed by atoms with van der Waals surface area (Å²) in [6.45, 7) is 0.820. The molecule has 0 aromatic carbocycles. The molecule has 1 aliphatic rings. The van der Waals surface area contributed by atoms with Crippen LogP contribution in [0.2, 0.25) is 0 Å². The number of aromatic nitrogens is 1. The fourth-order valence-corrected chi connectivity index (χ4v) is 1.12. The van der Waals surface area contributed by atoms with Gasteiger partial charge in [0.2, 0.25) is 5.88 Å². The maximum atomic E-state index is 5.52. The molecule has 0 unspecified atom stereocenters. The molecule has 0 bridgehead atoms. The SMILES string of the molecule is CNc1cccc(OCC2CC2)n1. The topological polar surface area (TPSA) is 34.1 Å². The minimum absolute atomic E-state index is 0.721. The molecule has 1 heterocycles. The van der Waals surface area contributed by atoms with Gasteiger partial charge in [-0.3, -0.25) is 0 Å². The molecule has 2 rings (SSSR count). The van der Waals surface area contributed by atoms with E-state index in [9.17, 15) is 0 Å². The van der Waals surface area contributed by atoms with Gasteiger partial charge in [0.25, 0.3) is 0 Å². The number of rotatable bonds is 4. The largest absolute Gasteiger partial charge is 0.477 e. The lowest BCUT2D eigenvalue weighted by Crippen LogP contribution is -2.01. The molecule has 0 spiro atoms. The lowest BCUT2D eigenvalue weighted by Gasteiger charge is -2.05. The number of nitrogens with zero attached hydrogens (tertiary/aromatic N) is 1. The molecule has 1 aliphatic carbocycles. The van der Waals surface area contributed by atoms with Crippen LogP contribution >= 0.6 is 0 Å². The summed E-state index contributed by atoms with van der Waals surface area (Å²) in [6, 6.07) is 5.76. The van der Waals surface area contributed by atoms with Crippen LogP contribution in [0.3, 0.4) is 0 Å². The fourth-order valence-electron chi connectivity index (χ4n) is 1.12. The maximum Gasteiger partial charge on any atom is 0.215 e. The Morgan fingerprint density at radius 3 is 3.08 bits per heavy atom. The van der Waals surface area contributed by atoms with Gasteiger partial charge in [0.15, 0.2) is 0 Å². The highest BCUT2D eigenvalue weighted by Crippen LogP contribution is 2.29. The third kappa shape index (κ3) is 2.34. The Hall–Kier alpha value is -1.25. The van der Waals surface area contributed by atoms with E-state index in [1.54, 1.807) is 0 Å². The quantitative estimate of drug-likeness (QED) is 0.764. The van der Waals surface area contributed by atoms with Gasteiger partial charge in [0.1, 0.15) is 5.82 Å². The van der Waals surface area contributed by atoms with Gasteiger partial charge < -0.3 is 10.1 Å². The second-order valence-electron chi connectivity index (χ2n) is 3.37. The van der Waals surface area contributed by atoms with Crippen molar-refractivity contribution >= 4 is 5.82 Å². The Bertz CT molecular complexity index is 284. The predicted molar refractivity (Wildman–Crippen MR) is 52.0 cm³/mol. The van der Waals surface area contributed by atoms with E-state index in [2.05, 4.69) is 10.3 Å². The van der Waals surface area contributed by atoms with Crippen LogP contribution in [0, 0.1) is 5.92 Å². The fraction of sp³-hybridized carbons (Fsp3) is 0.500. The van der Waals surface area contributed by atoms with Crippen LogP contribution in [-0.4, -0.2) is 18.6 Å². The molecule has 0 radical (unpaired) electrons. The van der Waals surface area contributed by atoms with Gasteiger partial charge in [-0.15, -0.1) is 0 Å². The summed E-state index contributed by atoms with van der Waals surface area (Å²) in [4.78, 5) is 4.26. The van der Waals surface area contributed by atoms with Gasteiger partial charge in [-0.1, -0.05) is 6.07 Å².